The number of hydrogen-bond donors (Lipinski definition) is 3. The lowest BCUT2D eigenvalue weighted by molar-refractivity contribution is -0.0593. The Kier molecular flexibility index (Phi) is 3.20. The quantitative estimate of drug-likeness (QED) is 0.569. The van der Waals surface area contributed by atoms with Gasteiger partial charge in [0.2, 0.25) is 0 Å². The number of hydrogen-bond acceptors (Lipinski definition) is 9. The van der Waals surface area contributed by atoms with Gasteiger partial charge in [0, 0.05) is 0 Å². The van der Waals surface area contributed by atoms with E-state index in [1.165, 1.54) is 12.7 Å². The first-order valence-corrected chi connectivity index (χ1v) is 8.97. The van der Waals surface area contributed by atoms with E-state index in [9.17, 15) is 10.00 Å². The molecule has 0 aliphatic carbocycles. The molecule has 10 nitrogen and oxygen atoms in total. The van der Waals surface area contributed by atoms with Gasteiger partial charge in [-0.3, -0.25) is 9.09 Å². The Balaban J connectivity index is 1.71. The number of nitrogen functional groups attached to an aromatic ring is 1. The smallest absolute Gasteiger partial charge is 0.325 e. The maximum Gasteiger partial charge on any atom is 0.325 e. The number of nitrogens with zero attached hydrogens (tertiary/aromatic N) is 4. The summed E-state index contributed by atoms with van der Waals surface area (Å²) in [6, 6.07) is 0. The van der Waals surface area contributed by atoms with Crippen LogP contribution in [-0.2, 0) is 25.6 Å². The third kappa shape index (κ3) is 2.14. The average Bonchev–Trinajstić information content (AvgIpc) is 3.01. The molecular formula is C10H12N5O5PS. The molecule has 0 aromatic carbocycles. The molecular weight excluding hydrogens is 333 g/mol. The van der Waals surface area contributed by atoms with E-state index in [0.29, 0.717) is 11.2 Å². The Bertz CT molecular complexity index is 786. The molecule has 22 heavy (non-hydrogen) atoms. The van der Waals surface area contributed by atoms with Crippen LogP contribution in [0.15, 0.2) is 12.7 Å². The van der Waals surface area contributed by atoms with E-state index < -0.39 is 31.3 Å². The van der Waals surface area contributed by atoms with Gasteiger partial charge in [-0.1, -0.05) is 0 Å². The summed E-state index contributed by atoms with van der Waals surface area (Å²) in [6.07, 6.45) is -0.414. The molecule has 4 heterocycles. The zero-order valence-electron chi connectivity index (χ0n) is 11.0. The number of anilines is 1. The minimum Gasteiger partial charge on any atom is -0.386 e. The van der Waals surface area contributed by atoms with E-state index in [2.05, 4.69) is 15.0 Å². The normalized spacial score (nSPS) is 38.3. The highest BCUT2D eigenvalue weighted by atomic mass is 32.5. The van der Waals surface area contributed by atoms with Crippen LogP contribution in [0.5, 0.6) is 0 Å². The van der Waals surface area contributed by atoms with Crippen LogP contribution in [0.4, 0.5) is 5.82 Å². The van der Waals surface area contributed by atoms with Crippen molar-refractivity contribution in [1.82, 2.24) is 19.5 Å². The predicted octanol–water partition coefficient (Wildman–Crippen LogP) is -0.701. The minimum absolute atomic E-state index is 0.0513. The van der Waals surface area contributed by atoms with E-state index in [1.807, 2.05) is 0 Å². The second kappa shape index (κ2) is 4.90. The second-order valence-corrected chi connectivity index (χ2v) is 7.76. The fourth-order valence-corrected chi connectivity index (χ4v) is 4.07. The van der Waals surface area contributed by atoms with Crippen LogP contribution in [0.3, 0.4) is 0 Å². The van der Waals surface area contributed by atoms with Gasteiger partial charge in [0.15, 0.2) is 17.7 Å². The number of fused-ring (bicyclic) bond motifs is 2. The highest BCUT2D eigenvalue weighted by molar-refractivity contribution is 8.07. The van der Waals surface area contributed by atoms with Crippen LogP contribution in [0.2, 0.25) is 0 Å². The van der Waals surface area contributed by atoms with Crippen molar-refractivity contribution in [2.24, 2.45) is 0 Å². The van der Waals surface area contributed by atoms with Crippen LogP contribution in [0.25, 0.3) is 11.2 Å². The molecule has 3 unspecified atom stereocenters. The van der Waals surface area contributed by atoms with E-state index in [-0.39, 0.29) is 12.4 Å². The molecule has 2 aromatic heterocycles. The minimum atomic E-state index is -3.33. The van der Waals surface area contributed by atoms with E-state index in [0.717, 1.165) is 0 Å². The Morgan fingerprint density at radius 1 is 1.41 bits per heavy atom. The molecule has 0 spiro atoms. The van der Waals surface area contributed by atoms with Crippen LogP contribution in [0, 0.1) is 0 Å². The fourth-order valence-electron chi connectivity index (χ4n) is 2.62. The third-order valence-corrected chi connectivity index (χ3v) is 5.19. The lowest BCUT2D eigenvalue weighted by Crippen LogP contribution is -2.39. The van der Waals surface area contributed by atoms with Gasteiger partial charge in [0.1, 0.15) is 30.2 Å². The predicted molar refractivity (Wildman–Crippen MR) is 77.0 cm³/mol. The van der Waals surface area contributed by atoms with Gasteiger partial charge in [-0.2, -0.15) is 0 Å². The summed E-state index contributed by atoms with van der Waals surface area (Å²) >= 11 is 4.80. The standard InChI is InChI=1S/C10H12N5O5PS/c11-8-5-9(13-2-12-8)15(3-14-5)10-6(16)7-4(19-10)1-18-21(17,22)20-7/h2-4,6-7,10,16H,1H2,(H,17,22)(H2,11,12,13)/t4?,6-,7+,10?,21?/m0/s1. The zero-order chi connectivity index (χ0) is 15.5. The second-order valence-electron chi connectivity index (χ2n) is 4.97. The number of imidazole rings is 1. The van der Waals surface area contributed by atoms with Gasteiger partial charge in [0.25, 0.3) is 0 Å². The molecule has 2 aliphatic heterocycles. The molecule has 5 atom stereocenters. The first kappa shape index (κ1) is 14.4. The SMILES string of the molecule is Nc1ncnc2c1ncn2C1OC2COP(O)(=S)O[C@H]2[C@@H]1O. The number of ether oxygens (including phenoxy) is 1. The Labute approximate surface area is 129 Å². The Hall–Kier alpha value is -1.20. The topological polar surface area (TPSA) is 138 Å². The van der Waals surface area contributed by atoms with Gasteiger partial charge in [-0.25, -0.2) is 15.0 Å². The van der Waals surface area contributed by atoms with Crippen molar-refractivity contribution < 1.29 is 23.8 Å². The molecule has 4 N–H and O–H groups in total. The largest absolute Gasteiger partial charge is 0.386 e. The van der Waals surface area contributed by atoms with E-state index in [1.54, 1.807) is 4.57 Å². The first-order valence-electron chi connectivity index (χ1n) is 6.38. The highest BCUT2D eigenvalue weighted by Crippen LogP contribution is 2.52. The molecule has 12 heteroatoms. The maximum absolute atomic E-state index is 10.4. The van der Waals surface area contributed by atoms with Crippen molar-refractivity contribution in [3.05, 3.63) is 12.7 Å². The number of aliphatic hydroxyl groups excluding tert-OH is 1. The van der Waals surface area contributed by atoms with Crippen LogP contribution >= 0.6 is 6.72 Å². The molecule has 2 aliphatic rings. The molecule has 2 aromatic rings. The number of aromatic nitrogens is 4. The molecule has 2 saturated heterocycles. The van der Waals surface area contributed by atoms with Crippen LogP contribution < -0.4 is 5.73 Å². The maximum atomic E-state index is 10.4. The van der Waals surface area contributed by atoms with E-state index in [4.69, 9.17) is 31.3 Å². The zero-order valence-corrected chi connectivity index (χ0v) is 12.7. The van der Waals surface area contributed by atoms with Crippen molar-refractivity contribution in [2.45, 2.75) is 24.5 Å². The van der Waals surface area contributed by atoms with E-state index >= 15 is 0 Å². The molecule has 0 radical (unpaired) electrons. The summed E-state index contributed by atoms with van der Waals surface area (Å²) in [5, 5.41) is 10.4. The summed E-state index contributed by atoms with van der Waals surface area (Å²) in [5.41, 5.74) is 6.58. The Morgan fingerprint density at radius 3 is 3.05 bits per heavy atom. The van der Waals surface area contributed by atoms with Crippen molar-refractivity contribution >= 4 is 35.5 Å². The lowest BCUT2D eigenvalue weighted by Gasteiger charge is -2.30. The van der Waals surface area contributed by atoms with Crippen molar-refractivity contribution in [3.63, 3.8) is 0 Å². The summed E-state index contributed by atoms with van der Waals surface area (Å²) in [7, 11) is 0. The first-order chi connectivity index (χ1) is 10.5. The molecule has 4 rings (SSSR count). The van der Waals surface area contributed by atoms with Crippen molar-refractivity contribution in [2.75, 3.05) is 12.3 Å². The van der Waals surface area contributed by atoms with Gasteiger partial charge in [0.05, 0.1) is 12.9 Å². The summed E-state index contributed by atoms with van der Waals surface area (Å²) in [6.45, 7) is -3.28. The third-order valence-electron chi connectivity index (χ3n) is 3.63. The highest BCUT2D eigenvalue weighted by Gasteiger charge is 2.51. The lowest BCUT2D eigenvalue weighted by atomic mass is 10.1. The van der Waals surface area contributed by atoms with Gasteiger partial charge in [-0.15, -0.1) is 0 Å². The Morgan fingerprint density at radius 2 is 2.23 bits per heavy atom. The molecule has 2 fully saturated rings. The fraction of sp³-hybridized carbons (Fsp3) is 0.500. The summed E-state index contributed by atoms with van der Waals surface area (Å²) in [5.74, 6) is 0.235. The van der Waals surface area contributed by atoms with Gasteiger partial charge < -0.3 is 25.0 Å². The van der Waals surface area contributed by atoms with Crippen molar-refractivity contribution in [3.8, 4) is 0 Å². The van der Waals surface area contributed by atoms with Crippen LogP contribution in [-0.4, -0.2) is 54.4 Å². The molecule has 0 amide bonds. The number of rotatable bonds is 1. The number of aliphatic hydroxyl groups is 1. The van der Waals surface area contributed by atoms with Gasteiger partial charge >= 0.3 is 6.72 Å². The summed E-state index contributed by atoms with van der Waals surface area (Å²) in [4.78, 5) is 21.8. The summed E-state index contributed by atoms with van der Waals surface area (Å²) < 4.78 is 17.6. The molecule has 118 valence electrons. The van der Waals surface area contributed by atoms with Gasteiger partial charge in [-0.05, 0) is 11.8 Å². The van der Waals surface area contributed by atoms with Crippen molar-refractivity contribution in [1.29, 1.82) is 0 Å². The molecule has 0 bridgehead atoms. The number of nitrogens with two attached hydrogens (primary N) is 1. The monoisotopic (exact) mass is 345 g/mol. The average molecular weight is 345 g/mol. The van der Waals surface area contributed by atoms with Crippen LogP contribution in [0.1, 0.15) is 6.23 Å². The molecule has 0 saturated carbocycles.